The van der Waals surface area contributed by atoms with Crippen LogP contribution in [0.15, 0.2) is 237 Å². The Balaban J connectivity index is 1.03. The molecule has 0 heterocycles. The molecule has 0 aliphatic heterocycles. The number of hydrogen-bond donors (Lipinski definition) is 0. The summed E-state index contributed by atoms with van der Waals surface area (Å²) >= 11 is 0. The number of rotatable bonds is 7. The molecule has 11 aromatic carbocycles. The van der Waals surface area contributed by atoms with E-state index in [-0.39, 0.29) is 5.41 Å². The Kier molecular flexibility index (Phi) is 8.91. The van der Waals surface area contributed by atoms with Crippen LogP contribution in [0.1, 0.15) is 25.0 Å². The number of anilines is 3. The van der Waals surface area contributed by atoms with Gasteiger partial charge in [-0.15, -0.1) is 0 Å². The summed E-state index contributed by atoms with van der Waals surface area (Å²) in [7, 11) is 0. The van der Waals surface area contributed by atoms with Crippen molar-refractivity contribution in [2.24, 2.45) is 0 Å². The van der Waals surface area contributed by atoms with Crippen molar-refractivity contribution in [2.45, 2.75) is 19.3 Å². The predicted octanol–water partition coefficient (Wildman–Crippen LogP) is 17.6. The van der Waals surface area contributed by atoms with Gasteiger partial charge in [-0.05, 0) is 124 Å². The maximum absolute atomic E-state index is 2.44. The highest BCUT2D eigenvalue weighted by Crippen LogP contribution is 2.52. The molecule has 0 unspecified atom stereocenters. The third kappa shape index (κ3) is 6.08. The fourth-order valence-electron chi connectivity index (χ4n) is 10.6. The van der Waals surface area contributed by atoms with E-state index in [1.54, 1.807) is 0 Å². The average Bonchev–Trinajstić information content (AvgIpc) is 3.60. The number of fused-ring (bicyclic) bond motifs is 7. The van der Waals surface area contributed by atoms with E-state index >= 15 is 0 Å². The second-order valence-electron chi connectivity index (χ2n) is 17.6. The van der Waals surface area contributed by atoms with Crippen LogP contribution in [0.5, 0.6) is 0 Å². The van der Waals surface area contributed by atoms with Gasteiger partial charge in [-0.1, -0.05) is 220 Å². The summed E-state index contributed by atoms with van der Waals surface area (Å²) in [6.07, 6.45) is 0. The van der Waals surface area contributed by atoms with Gasteiger partial charge in [0, 0.05) is 22.4 Å². The van der Waals surface area contributed by atoms with E-state index in [1.165, 1.54) is 99.1 Å². The van der Waals surface area contributed by atoms with Crippen LogP contribution in [0.25, 0.3) is 88.0 Å². The van der Waals surface area contributed by atoms with Crippen LogP contribution in [0.3, 0.4) is 0 Å². The molecule has 12 rings (SSSR count). The Hall–Kier alpha value is -8.00. The quantitative estimate of drug-likeness (QED) is 0.145. The first kappa shape index (κ1) is 37.7. The fourth-order valence-corrected chi connectivity index (χ4v) is 10.6. The van der Waals surface area contributed by atoms with E-state index in [9.17, 15) is 0 Å². The topological polar surface area (TPSA) is 3.24 Å². The van der Waals surface area contributed by atoms with Crippen LogP contribution >= 0.6 is 0 Å². The van der Waals surface area contributed by atoms with E-state index in [0.29, 0.717) is 0 Å². The minimum Gasteiger partial charge on any atom is -0.310 e. The van der Waals surface area contributed by atoms with Crippen molar-refractivity contribution < 1.29 is 0 Å². The monoisotopic (exact) mass is 815 g/mol. The highest BCUT2D eigenvalue weighted by atomic mass is 15.1. The molecule has 0 fully saturated rings. The number of nitrogens with zero attached hydrogens (tertiary/aromatic N) is 1. The molecule has 302 valence electrons. The van der Waals surface area contributed by atoms with Crippen LogP contribution in [0.4, 0.5) is 17.1 Å². The zero-order valence-electron chi connectivity index (χ0n) is 36.0. The molecule has 0 bridgehead atoms. The van der Waals surface area contributed by atoms with E-state index in [0.717, 1.165) is 17.1 Å². The third-order valence-corrected chi connectivity index (χ3v) is 13.7. The molecule has 1 aliphatic rings. The van der Waals surface area contributed by atoms with Crippen LogP contribution in [0, 0.1) is 0 Å². The lowest BCUT2D eigenvalue weighted by atomic mass is 9.82. The summed E-state index contributed by atoms with van der Waals surface area (Å²) in [6.45, 7) is 4.71. The molecule has 64 heavy (non-hydrogen) atoms. The summed E-state index contributed by atoms with van der Waals surface area (Å²) in [5, 5.41) is 7.54. The van der Waals surface area contributed by atoms with Crippen molar-refractivity contribution in [3.63, 3.8) is 0 Å². The van der Waals surface area contributed by atoms with Crippen molar-refractivity contribution in [1.82, 2.24) is 0 Å². The number of para-hydroxylation sites is 1. The first-order chi connectivity index (χ1) is 31.5. The second-order valence-corrected chi connectivity index (χ2v) is 17.6. The largest absolute Gasteiger partial charge is 0.310 e. The van der Waals surface area contributed by atoms with Gasteiger partial charge < -0.3 is 4.90 Å². The zero-order chi connectivity index (χ0) is 42.8. The Labute approximate surface area is 375 Å². The minimum atomic E-state index is -0.0592. The molecule has 11 aromatic rings. The normalized spacial score (nSPS) is 12.7. The Bertz CT molecular complexity index is 3560. The van der Waals surface area contributed by atoms with Gasteiger partial charge in [-0.25, -0.2) is 0 Å². The minimum absolute atomic E-state index is 0.0592. The van der Waals surface area contributed by atoms with Crippen molar-refractivity contribution in [2.75, 3.05) is 4.90 Å². The van der Waals surface area contributed by atoms with Gasteiger partial charge in [0.15, 0.2) is 0 Å². The summed E-state index contributed by atoms with van der Waals surface area (Å²) in [5.74, 6) is 0. The summed E-state index contributed by atoms with van der Waals surface area (Å²) in [6, 6.07) is 87.1. The molecule has 1 nitrogen and oxygen atoms in total. The van der Waals surface area contributed by atoms with E-state index < -0.39 is 0 Å². The standard InChI is InChI=1S/C63H45N/c1-63(2)58-29-10-8-23-57(58)62-52(26-15-30-59(62)63)45-34-39-48(40-35-45)64(47-37-32-44(33-38-47)50-24-14-27-53-49-21-7-6-18-43(49)36-41-54(50)53)60-31-11-9-22-55(60)56-28-13-20-46-19-12-25-51(61(46)56)42-16-4-3-5-17-42/h3-41H,1-2H3. The van der Waals surface area contributed by atoms with Gasteiger partial charge in [0.1, 0.15) is 0 Å². The number of hydrogen-bond acceptors (Lipinski definition) is 1. The molecular weight excluding hydrogens is 771 g/mol. The third-order valence-electron chi connectivity index (χ3n) is 13.7. The van der Waals surface area contributed by atoms with Gasteiger partial charge >= 0.3 is 0 Å². The highest BCUT2D eigenvalue weighted by Gasteiger charge is 2.36. The fraction of sp³-hybridized carbons (Fsp3) is 0.0476. The Morgan fingerprint density at radius 3 is 1.59 bits per heavy atom. The molecule has 0 saturated carbocycles. The molecule has 0 amide bonds. The van der Waals surface area contributed by atoms with Gasteiger partial charge in [0.25, 0.3) is 0 Å². The van der Waals surface area contributed by atoms with Crippen molar-refractivity contribution in [3.05, 3.63) is 248 Å². The van der Waals surface area contributed by atoms with Crippen molar-refractivity contribution in [3.8, 4) is 55.6 Å². The number of benzene rings is 11. The second kappa shape index (κ2) is 15.1. The van der Waals surface area contributed by atoms with Gasteiger partial charge in [0.05, 0.1) is 5.69 Å². The van der Waals surface area contributed by atoms with Crippen molar-refractivity contribution >= 4 is 49.4 Å². The lowest BCUT2D eigenvalue weighted by Gasteiger charge is -2.29. The van der Waals surface area contributed by atoms with Crippen LogP contribution in [0.2, 0.25) is 0 Å². The first-order valence-corrected chi connectivity index (χ1v) is 22.3. The molecule has 1 aliphatic carbocycles. The van der Waals surface area contributed by atoms with Crippen LogP contribution in [-0.4, -0.2) is 0 Å². The van der Waals surface area contributed by atoms with Crippen LogP contribution < -0.4 is 4.90 Å². The summed E-state index contributed by atoms with van der Waals surface area (Å²) in [4.78, 5) is 2.44. The lowest BCUT2D eigenvalue weighted by molar-refractivity contribution is 0.660. The molecule has 0 N–H and O–H groups in total. The summed E-state index contributed by atoms with van der Waals surface area (Å²) < 4.78 is 0. The maximum atomic E-state index is 2.44. The van der Waals surface area contributed by atoms with Gasteiger partial charge in [-0.2, -0.15) is 0 Å². The van der Waals surface area contributed by atoms with E-state index in [1.807, 2.05) is 0 Å². The molecule has 0 radical (unpaired) electrons. The predicted molar refractivity (Wildman–Crippen MR) is 273 cm³/mol. The Morgan fingerprint density at radius 2 is 0.812 bits per heavy atom. The Morgan fingerprint density at radius 1 is 0.297 bits per heavy atom. The molecular formula is C63H45N. The van der Waals surface area contributed by atoms with E-state index in [4.69, 9.17) is 0 Å². The van der Waals surface area contributed by atoms with Crippen molar-refractivity contribution in [1.29, 1.82) is 0 Å². The summed E-state index contributed by atoms with van der Waals surface area (Å²) in [5.41, 5.74) is 18.4. The molecule has 0 spiro atoms. The van der Waals surface area contributed by atoms with Crippen LogP contribution in [-0.2, 0) is 5.41 Å². The molecule has 0 saturated heterocycles. The maximum Gasteiger partial charge on any atom is 0.0540 e. The molecule has 0 aromatic heterocycles. The molecule has 1 heteroatoms. The lowest BCUT2D eigenvalue weighted by Crippen LogP contribution is -2.14. The zero-order valence-corrected chi connectivity index (χ0v) is 36.0. The highest BCUT2D eigenvalue weighted by molar-refractivity contribution is 6.12. The SMILES string of the molecule is CC1(C)c2ccccc2-c2c(-c3ccc(N(c4ccc(-c5cccc6c5ccc5ccccc56)cc4)c4ccccc4-c4cccc5cccc(-c6ccccc6)c45)cc3)cccc21. The molecule has 0 atom stereocenters. The average molecular weight is 816 g/mol. The first-order valence-electron chi connectivity index (χ1n) is 22.3. The van der Waals surface area contributed by atoms with E-state index in [2.05, 4.69) is 255 Å². The van der Waals surface area contributed by atoms with Gasteiger partial charge in [0.2, 0.25) is 0 Å². The smallest absolute Gasteiger partial charge is 0.0540 e. The van der Waals surface area contributed by atoms with Gasteiger partial charge in [-0.3, -0.25) is 0 Å².